The zero-order valence-corrected chi connectivity index (χ0v) is 46.8. The second-order valence-electron chi connectivity index (χ2n) is 20.5. The van der Waals surface area contributed by atoms with Crippen LogP contribution in [0.15, 0.2) is 36.9 Å². The van der Waals surface area contributed by atoms with E-state index in [0.29, 0.717) is 43.7 Å². The SMILES string of the molecule is COC(=O)Cc1cc(NC(=O)c2nc(NC(=O)CCNC(=O)c3cc(NC(=O)c4nc(NC(=O)CCNC(=O)COCCOCCOCCN5CCN(CC6CCN(C(=O)OC(C)(C)C)CC6)CC5)cn4C)cn3C)cn2C)c[nH]1. The largest absolute Gasteiger partial charge is 0.469 e. The maximum Gasteiger partial charge on any atom is 0.410 e. The first-order valence-electron chi connectivity index (χ1n) is 26.6. The topological polar surface area (TPSA) is 321 Å². The molecule has 28 heteroatoms. The molecule has 4 aromatic heterocycles. The number of nitrogens with zero attached hydrogens (tertiary/aromatic N) is 8. The minimum absolute atomic E-state index is 0.00359. The molecule has 4 aromatic rings. The Morgan fingerprint density at radius 3 is 1.80 bits per heavy atom. The summed E-state index contributed by atoms with van der Waals surface area (Å²) in [6, 6.07) is 3.04. The summed E-state index contributed by atoms with van der Waals surface area (Å²) in [5.74, 6) is -2.61. The average Bonchev–Trinajstić information content (AvgIpc) is 4.23. The molecule has 0 radical (unpaired) electrons. The van der Waals surface area contributed by atoms with Gasteiger partial charge in [-0.3, -0.25) is 38.5 Å². The van der Waals surface area contributed by atoms with E-state index in [1.165, 1.54) is 51.7 Å². The number of ether oxygens (including phenoxy) is 5. The van der Waals surface area contributed by atoms with Gasteiger partial charge in [-0.05, 0) is 51.7 Å². The zero-order valence-electron chi connectivity index (χ0n) is 46.8. The van der Waals surface area contributed by atoms with Crippen LogP contribution >= 0.6 is 0 Å². The van der Waals surface area contributed by atoms with E-state index in [2.05, 4.69) is 61.4 Å². The van der Waals surface area contributed by atoms with Gasteiger partial charge in [0.15, 0.2) is 11.6 Å². The fourth-order valence-corrected chi connectivity index (χ4v) is 8.69. The average molecular weight is 1120 g/mol. The van der Waals surface area contributed by atoms with Crippen molar-refractivity contribution in [3.63, 3.8) is 0 Å². The van der Waals surface area contributed by atoms with Crippen molar-refractivity contribution >= 4 is 70.5 Å². The van der Waals surface area contributed by atoms with Gasteiger partial charge in [0.2, 0.25) is 29.4 Å². The number of piperidine rings is 1. The quantitative estimate of drug-likeness (QED) is 0.0313. The van der Waals surface area contributed by atoms with Crippen LogP contribution in [0.25, 0.3) is 0 Å². The lowest BCUT2D eigenvalue weighted by Crippen LogP contribution is -2.50. The van der Waals surface area contributed by atoms with Gasteiger partial charge in [0.05, 0.1) is 57.9 Å². The Balaban J connectivity index is 0.763. The van der Waals surface area contributed by atoms with Crippen molar-refractivity contribution in [1.29, 1.82) is 0 Å². The van der Waals surface area contributed by atoms with Crippen LogP contribution in [0.5, 0.6) is 0 Å². The number of carbonyl (C=O) groups excluding carboxylic acids is 8. The van der Waals surface area contributed by atoms with Crippen LogP contribution in [-0.4, -0.2) is 209 Å². The maximum atomic E-state index is 13.2. The molecule has 0 aliphatic carbocycles. The highest BCUT2D eigenvalue weighted by atomic mass is 16.6. The van der Waals surface area contributed by atoms with Crippen molar-refractivity contribution in [2.75, 3.05) is 133 Å². The number of carbonyl (C=O) groups is 8. The Hall–Kier alpha value is -7.66. The number of likely N-dealkylation sites (tertiary alicyclic amines) is 1. The summed E-state index contributed by atoms with van der Waals surface area (Å²) < 4.78 is 31.3. The third-order valence-corrected chi connectivity index (χ3v) is 12.8. The molecule has 0 saturated carbocycles. The van der Waals surface area contributed by atoms with Crippen LogP contribution in [0.2, 0.25) is 0 Å². The molecule has 0 spiro atoms. The summed E-state index contributed by atoms with van der Waals surface area (Å²) in [6.07, 6.45) is 7.57. The molecule has 7 N–H and O–H groups in total. The normalized spacial score (nSPS) is 14.3. The number of nitrogens with one attached hydrogen (secondary N) is 7. The highest BCUT2D eigenvalue weighted by molar-refractivity contribution is 6.04. The van der Waals surface area contributed by atoms with E-state index in [0.717, 1.165) is 65.2 Å². The van der Waals surface area contributed by atoms with Gasteiger partial charge in [-0.25, -0.2) is 14.8 Å². The molecule has 2 fully saturated rings. The van der Waals surface area contributed by atoms with Crippen LogP contribution in [0.4, 0.5) is 27.8 Å². The van der Waals surface area contributed by atoms with Crippen LogP contribution < -0.4 is 31.9 Å². The third kappa shape index (κ3) is 20.2. The van der Waals surface area contributed by atoms with E-state index in [1.807, 2.05) is 25.7 Å². The molecular formula is C52H77N15O13. The first kappa shape index (κ1) is 61.6. The second-order valence-corrected chi connectivity index (χ2v) is 20.5. The number of amides is 7. The minimum atomic E-state index is -0.613. The number of aromatic amines is 1. The second kappa shape index (κ2) is 30.1. The molecule has 2 saturated heterocycles. The number of hydrogen-bond acceptors (Lipinski definition) is 17. The van der Waals surface area contributed by atoms with Crippen LogP contribution in [-0.2, 0) is 70.4 Å². The Bertz CT molecular complexity index is 2740. The number of hydrogen-bond donors (Lipinski definition) is 7. The van der Waals surface area contributed by atoms with Crippen molar-refractivity contribution in [2.45, 2.75) is 58.5 Å². The Morgan fingerprint density at radius 2 is 1.20 bits per heavy atom. The summed E-state index contributed by atoms with van der Waals surface area (Å²) in [6.45, 7) is 14.9. The summed E-state index contributed by atoms with van der Waals surface area (Å²) in [5.41, 5.74) is 0.950. The number of H-pyrrole nitrogens is 1. The van der Waals surface area contributed by atoms with E-state index in [4.69, 9.17) is 18.9 Å². The van der Waals surface area contributed by atoms with Crippen LogP contribution in [0.1, 0.15) is 83.9 Å². The summed E-state index contributed by atoms with van der Waals surface area (Å²) in [5, 5.41) is 15.9. The summed E-state index contributed by atoms with van der Waals surface area (Å²) >= 11 is 0. The molecule has 2 aliphatic rings. The highest BCUT2D eigenvalue weighted by Gasteiger charge is 2.29. The fraction of sp³-hybridized carbons (Fsp3) is 0.577. The van der Waals surface area contributed by atoms with Gasteiger partial charge >= 0.3 is 12.1 Å². The lowest BCUT2D eigenvalue weighted by Gasteiger charge is -2.39. The number of anilines is 4. The molecule has 6 rings (SSSR count). The molecular weight excluding hydrogens is 1040 g/mol. The highest BCUT2D eigenvalue weighted by Crippen LogP contribution is 2.22. The van der Waals surface area contributed by atoms with Crippen molar-refractivity contribution in [2.24, 2.45) is 27.1 Å². The van der Waals surface area contributed by atoms with Gasteiger partial charge in [0, 0.05) is 130 Å². The lowest BCUT2D eigenvalue weighted by molar-refractivity contribution is -0.139. The molecule has 80 heavy (non-hydrogen) atoms. The van der Waals surface area contributed by atoms with Crippen molar-refractivity contribution in [3.8, 4) is 0 Å². The molecule has 0 aromatic carbocycles. The van der Waals surface area contributed by atoms with Gasteiger partial charge in [0.25, 0.3) is 17.7 Å². The predicted octanol–water partition coefficient (Wildman–Crippen LogP) is 1.56. The number of aryl methyl sites for hydroxylation is 3. The molecule has 438 valence electrons. The lowest BCUT2D eigenvalue weighted by atomic mass is 9.96. The molecule has 7 amide bonds. The third-order valence-electron chi connectivity index (χ3n) is 12.8. The number of imidazole rings is 2. The first-order chi connectivity index (χ1) is 38.2. The molecule has 6 heterocycles. The predicted molar refractivity (Wildman–Crippen MR) is 292 cm³/mol. The zero-order chi connectivity index (χ0) is 57.8. The Kier molecular flexibility index (Phi) is 23.1. The van der Waals surface area contributed by atoms with Crippen molar-refractivity contribution in [1.82, 2.24) is 54.0 Å². The minimum Gasteiger partial charge on any atom is -0.469 e. The van der Waals surface area contributed by atoms with Gasteiger partial charge in [-0.1, -0.05) is 0 Å². The van der Waals surface area contributed by atoms with E-state index >= 15 is 0 Å². The number of rotatable bonds is 28. The van der Waals surface area contributed by atoms with Crippen LogP contribution in [0.3, 0.4) is 0 Å². The van der Waals surface area contributed by atoms with Crippen molar-refractivity contribution < 1.29 is 62.0 Å². The Morgan fingerprint density at radius 1 is 0.637 bits per heavy atom. The number of methoxy groups -OCH3 is 1. The smallest absolute Gasteiger partial charge is 0.410 e. The summed E-state index contributed by atoms with van der Waals surface area (Å²) in [4.78, 5) is 119. The number of aromatic nitrogens is 6. The van der Waals surface area contributed by atoms with Gasteiger partial charge in [-0.15, -0.1) is 0 Å². The maximum absolute atomic E-state index is 13.2. The van der Waals surface area contributed by atoms with Gasteiger partial charge < -0.3 is 84.1 Å². The van der Waals surface area contributed by atoms with E-state index in [-0.39, 0.29) is 86.3 Å². The molecule has 0 unspecified atom stereocenters. The number of piperazine rings is 1. The molecule has 0 atom stereocenters. The summed E-state index contributed by atoms with van der Waals surface area (Å²) in [7, 11) is 6.05. The molecule has 2 aliphatic heterocycles. The van der Waals surface area contributed by atoms with E-state index < -0.39 is 47.0 Å². The van der Waals surface area contributed by atoms with Gasteiger partial charge in [-0.2, -0.15) is 0 Å². The molecule has 0 bridgehead atoms. The van der Waals surface area contributed by atoms with E-state index in [1.54, 1.807) is 27.2 Å². The van der Waals surface area contributed by atoms with Crippen molar-refractivity contribution in [3.05, 3.63) is 60.0 Å². The monoisotopic (exact) mass is 1120 g/mol. The van der Waals surface area contributed by atoms with Gasteiger partial charge in [0.1, 0.15) is 17.9 Å². The fourth-order valence-electron chi connectivity index (χ4n) is 8.69. The Labute approximate surface area is 464 Å². The van der Waals surface area contributed by atoms with Crippen LogP contribution in [0, 0.1) is 5.92 Å². The van der Waals surface area contributed by atoms with E-state index in [9.17, 15) is 38.4 Å². The molecule has 28 nitrogen and oxygen atoms in total. The standard InChI is InChI=1S/C52H77N15O13/c1-52(2,3)80-51(75)67-14-10-35(11-15-67)30-66-18-16-65(17-19-66)20-21-77-22-23-78-24-25-79-34-44(70)53-12-8-42(68)58-40-33-64(6)47(61-40)50(74)57-38-27-39(62(4)31-38)48(72)54-13-9-43(69)59-41-32-63(5)46(60-41)49(73)56-37-26-36(55-29-37)28-45(71)76-7/h26-27,29,31-33,35,55H,8-25,28,30,34H2,1-7H3,(H,53,70)(H,54,72)(H,56,73)(H,57,74)(H,58,68)(H,59,69). The number of esters is 1. The first-order valence-corrected chi connectivity index (χ1v) is 26.6.